The molecule has 0 aliphatic heterocycles. The second kappa shape index (κ2) is 7.60. The summed E-state index contributed by atoms with van der Waals surface area (Å²) in [5.41, 5.74) is 9.83. The fourth-order valence-electron chi connectivity index (χ4n) is 3.30. The van der Waals surface area contributed by atoms with E-state index in [1.54, 1.807) is 6.20 Å². The van der Waals surface area contributed by atoms with Gasteiger partial charge in [0, 0.05) is 23.3 Å². The molecule has 0 spiro atoms. The van der Waals surface area contributed by atoms with Gasteiger partial charge in [0.1, 0.15) is 17.3 Å². The van der Waals surface area contributed by atoms with Crippen molar-refractivity contribution in [1.29, 1.82) is 0 Å². The van der Waals surface area contributed by atoms with E-state index in [9.17, 15) is 0 Å². The van der Waals surface area contributed by atoms with Gasteiger partial charge in [-0.25, -0.2) is 4.98 Å². The monoisotopic (exact) mass is 393 g/mol. The van der Waals surface area contributed by atoms with E-state index in [-0.39, 0.29) is 0 Å². The van der Waals surface area contributed by atoms with Crippen molar-refractivity contribution in [3.63, 3.8) is 0 Å². The van der Waals surface area contributed by atoms with E-state index in [1.807, 2.05) is 84.9 Å². The molecule has 2 heterocycles. The number of H-pyrrole nitrogens is 1. The molecule has 0 fully saturated rings. The average molecular weight is 393 g/mol. The molecule has 5 rings (SSSR count). The van der Waals surface area contributed by atoms with Crippen LogP contribution in [-0.4, -0.2) is 15.2 Å². The number of nitrogens with one attached hydrogen (secondary N) is 2. The van der Waals surface area contributed by atoms with Crippen molar-refractivity contribution in [2.75, 3.05) is 11.1 Å². The van der Waals surface area contributed by atoms with Crippen molar-refractivity contribution in [2.24, 2.45) is 0 Å². The van der Waals surface area contributed by atoms with Crippen LogP contribution in [0.2, 0.25) is 0 Å². The van der Waals surface area contributed by atoms with Crippen molar-refractivity contribution < 1.29 is 4.74 Å². The van der Waals surface area contributed by atoms with Crippen LogP contribution in [-0.2, 0) is 0 Å². The molecule has 0 aliphatic carbocycles. The minimum atomic E-state index is 0.495. The van der Waals surface area contributed by atoms with Crippen LogP contribution in [0.15, 0.2) is 91.1 Å². The number of rotatable bonds is 5. The Balaban J connectivity index is 1.39. The summed E-state index contributed by atoms with van der Waals surface area (Å²) >= 11 is 0. The molecule has 0 saturated heterocycles. The van der Waals surface area contributed by atoms with Gasteiger partial charge in [-0.1, -0.05) is 30.3 Å². The van der Waals surface area contributed by atoms with Crippen LogP contribution in [0.3, 0.4) is 0 Å². The number of pyridine rings is 1. The van der Waals surface area contributed by atoms with Crippen molar-refractivity contribution >= 4 is 28.2 Å². The Morgan fingerprint density at radius 1 is 0.800 bits per heavy atom. The lowest BCUT2D eigenvalue weighted by atomic mass is 10.0. The van der Waals surface area contributed by atoms with Gasteiger partial charge in [0.15, 0.2) is 5.82 Å². The number of aromatic amines is 1. The zero-order valence-electron chi connectivity index (χ0n) is 16.0. The number of para-hydroxylation sites is 1. The number of nitrogens with zero attached hydrogens (tertiary/aromatic N) is 2. The lowest BCUT2D eigenvalue weighted by Gasteiger charge is -2.10. The molecule has 30 heavy (non-hydrogen) atoms. The second-order valence-electron chi connectivity index (χ2n) is 6.87. The summed E-state index contributed by atoms with van der Waals surface area (Å²) in [4.78, 5) is 4.45. The molecular formula is C24H19N5O. The van der Waals surface area contributed by atoms with Crippen molar-refractivity contribution in [2.45, 2.75) is 0 Å². The van der Waals surface area contributed by atoms with E-state index in [1.165, 1.54) is 0 Å². The summed E-state index contributed by atoms with van der Waals surface area (Å²) in [5, 5.41) is 11.2. The minimum absolute atomic E-state index is 0.495. The third-order valence-corrected chi connectivity index (χ3v) is 4.77. The molecule has 2 aromatic heterocycles. The second-order valence-corrected chi connectivity index (χ2v) is 6.87. The van der Waals surface area contributed by atoms with E-state index in [0.717, 1.165) is 45.0 Å². The van der Waals surface area contributed by atoms with Gasteiger partial charge in [-0.3, -0.25) is 5.10 Å². The highest BCUT2D eigenvalue weighted by Gasteiger charge is 2.07. The number of ether oxygens (including phenoxy) is 1. The van der Waals surface area contributed by atoms with Gasteiger partial charge < -0.3 is 15.8 Å². The summed E-state index contributed by atoms with van der Waals surface area (Å²) < 4.78 is 5.91. The van der Waals surface area contributed by atoms with Crippen LogP contribution >= 0.6 is 0 Å². The molecule has 5 aromatic rings. The van der Waals surface area contributed by atoms with Crippen molar-refractivity contribution in [1.82, 2.24) is 15.2 Å². The third kappa shape index (κ3) is 3.66. The lowest BCUT2D eigenvalue weighted by molar-refractivity contribution is 0.483. The molecular weight excluding hydrogens is 374 g/mol. The number of nitrogens with two attached hydrogens (primary N) is 1. The van der Waals surface area contributed by atoms with Crippen LogP contribution in [0.25, 0.3) is 22.0 Å². The molecule has 3 aromatic carbocycles. The Morgan fingerprint density at radius 2 is 1.63 bits per heavy atom. The fourth-order valence-corrected chi connectivity index (χ4v) is 3.30. The standard InChI is InChI=1S/C24H19N5O/c25-24-21-13-16(9-10-22(21)28-29-24)17-11-12-26-23(14-17)27-18-5-4-8-20(15-18)30-19-6-2-1-3-7-19/h1-15H,(H,26,27)(H3,25,28,29). The Kier molecular flexibility index (Phi) is 4.50. The Bertz CT molecular complexity index is 1310. The number of aromatic nitrogens is 3. The highest BCUT2D eigenvalue weighted by atomic mass is 16.5. The van der Waals surface area contributed by atoms with Gasteiger partial charge >= 0.3 is 0 Å². The average Bonchev–Trinajstić information content (AvgIpc) is 3.15. The molecule has 0 bridgehead atoms. The summed E-state index contributed by atoms with van der Waals surface area (Å²) in [6, 6.07) is 27.5. The first-order valence-electron chi connectivity index (χ1n) is 9.55. The van der Waals surface area contributed by atoms with Gasteiger partial charge in [-0.05, 0) is 59.7 Å². The molecule has 0 radical (unpaired) electrons. The van der Waals surface area contributed by atoms with E-state index >= 15 is 0 Å². The third-order valence-electron chi connectivity index (χ3n) is 4.77. The molecule has 6 nitrogen and oxygen atoms in total. The number of fused-ring (bicyclic) bond motifs is 1. The normalized spacial score (nSPS) is 10.8. The van der Waals surface area contributed by atoms with Gasteiger partial charge in [0.25, 0.3) is 0 Å². The predicted octanol–water partition coefficient (Wildman–Crippen LogP) is 5.74. The highest BCUT2D eigenvalue weighted by molar-refractivity contribution is 5.92. The first kappa shape index (κ1) is 17.8. The van der Waals surface area contributed by atoms with E-state index in [4.69, 9.17) is 10.5 Å². The number of hydrogen-bond acceptors (Lipinski definition) is 5. The van der Waals surface area contributed by atoms with E-state index in [2.05, 4.69) is 20.5 Å². The maximum Gasteiger partial charge on any atom is 0.153 e. The van der Waals surface area contributed by atoms with Crippen LogP contribution in [0.1, 0.15) is 0 Å². The van der Waals surface area contributed by atoms with E-state index in [0.29, 0.717) is 5.82 Å². The van der Waals surface area contributed by atoms with Crippen molar-refractivity contribution in [3.8, 4) is 22.6 Å². The van der Waals surface area contributed by atoms with E-state index < -0.39 is 0 Å². The largest absolute Gasteiger partial charge is 0.457 e. The molecule has 0 aliphatic rings. The maximum absolute atomic E-state index is 5.95. The summed E-state index contributed by atoms with van der Waals surface area (Å²) in [6.07, 6.45) is 1.78. The smallest absolute Gasteiger partial charge is 0.153 e. The first-order valence-corrected chi connectivity index (χ1v) is 9.55. The van der Waals surface area contributed by atoms with Gasteiger partial charge in [0.2, 0.25) is 0 Å². The summed E-state index contributed by atoms with van der Waals surface area (Å²) in [5.74, 6) is 2.78. The fraction of sp³-hybridized carbons (Fsp3) is 0. The van der Waals surface area contributed by atoms with Crippen LogP contribution in [0.4, 0.5) is 17.3 Å². The van der Waals surface area contributed by atoms with Gasteiger partial charge in [0.05, 0.1) is 5.52 Å². The molecule has 146 valence electrons. The topological polar surface area (TPSA) is 88.9 Å². The molecule has 0 atom stereocenters. The SMILES string of the molecule is Nc1n[nH]c2ccc(-c3ccnc(Nc4cccc(Oc5ccccc5)c4)c3)cc12. The quantitative estimate of drug-likeness (QED) is 0.354. The maximum atomic E-state index is 5.95. The highest BCUT2D eigenvalue weighted by Crippen LogP contribution is 2.29. The lowest BCUT2D eigenvalue weighted by Crippen LogP contribution is -1.94. The Labute approximate surface area is 173 Å². The molecule has 0 amide bonds. The van der Waals surface area contributed by atoms with Crippen LogP contribution < -0.4 is 15.8 Å². The number of nitrogen functional groups attached to an aromatic ring is 1. The first-order chi connectivity index (χ1) is 14.7. The van der Waals surface area contributed by atoms with Crippen molar-refractivity contribution in [3.05, 3.63) is 91.1 Å². The Morgan fingerprint density at radius 3 is 2.53 bits per heavy atom. The van der Waals surface area contributed by atoms with Gasteiger partial charge in [-0.2, -0.15) is 5.10 Å². The zero-order chi connectivity index (χ0) is 20.3. The molecule has 0 unspecified atom stereocenters. The number of benzene rings is 3. The Hall–Kier alpha value is -4.32. The van der Waals surface area contributed by atoms with Gasteiger partial charge in [-0.15, -0.1) is 0 Å². The number of hydrogen-bond donors (Lipinski definition) is 3. The molecule has 0 saturated carbocycles. The zero-order valence-corrected chi connectivity index (χ0v) is 16.0. The predicted molar refractivity (Wildman–Crippen MR) is 120 cm³/mol. The van der Waals surface area contributed by atoms with Crippen LogP contribution in [0, 0.1) is 0 Å². The summed E-state index contributed by atoms with van der Waals surface area (Å²) in [7, 11) is 0. The molecule has 6 heteroatoms. The number of anilines is 3. The minimum Gasteiger partial charge on any atom is -0.457 e. The summed E-state index contributed by atoms with van der Waals surface area (Å²) in [6.45, 7) is 0. The molecule has 4 N–H and O–H groups in total. The van der Waals surface area contributed by atoms with Crippen LogP contribution in [0.5, 0.6) is 11.5 Å².